The summed E-state index contributed by atoms with van der Waals surface area (Å²) in [5.74, 6) is 0.438. The molecule has 0 unspecified atom stereocenters. The van der Waals surface area contributed by atoms with Crippen molar-refractivity contribution in [3.8, 4) is 0 Å². The van der Waals surface area contributed by atoms with Crippen molar-refractivity contribution >= 4 is 5.97 Å². The molecule has 3 nitrogen and oxygen atoms in total. The molecule has 78 valence electrons. The molecule has 4 atom stereocenters. The van der Waals surface area contributed by atoms with Crippen LogP contribution in [0.2, 0.25) is 0 Å². The summed E-state index contributed by atoms with van der Waals surface area (Å²) < 4.78 is 5.38. The predicted octanol–water partition coefficient (Wildman–Crippen LogP) is 1.12. The Morgan fingerprint density at radius 1 is 1.57 bits per heavy atom. The van der Waals surface area contributed by atoms with Crippen LogP contribution < -0.4 is 0 Å². The van der Waals surface area contributed by atoms with Gasteiger partial charge in [0.05, 0.1) is 5.92 Å². The first-order chi connectivity index (χ1) is 6.72. The maximum Gasteiger partial charge on any atom is 0.313 e. The van der Waals surface area contributed by atoms with Gasteiger partial charge in [-0.15, -0.1) is 0 Å². The second kappa shape index (κ2) is 3.73. The van der Waals surface area contributed by atoms with Gasteiger partial charge in [0.25, 0.3) is 0 Å². The van der Waals surface area contributed by atoms with Crippen LogP contribution in [0.15, 0.2) is 12.2 Å². The van der Waals surface area contributed by atoms with E-state index >= 15 is 0 Å². The molecule has 0 aromatic heterocycles. The Morgan fingerprint density at radius 2 is 2.36 bits per heavy atom. The number of aliphatic hydroxyl groups excluding tert-OH is 1. The van der Waals surface area contributed by atoms with E-state index in [2.05, 4.69) is 13.0 Å². The van der Waals surface area contributed by atoms with Crippen LogP contribution in [0, 0.1) is 17.8 Å². The van der Waals surface area contributed by atoms with Crippen LogP contribution in [-0.2, 0) is 9.53 Å². The lowest BCUT2D eigenvalue weighted by Crippen LogP contribution is -2.39. The first kappa shape index (κ1) is 9.71. The average Bonchev–Trinajstić information content (AvgIpc) is 2.38. The Kier molecular flexibility index (Phi) is 2.59. The molecule has 1 saturated heterocycles. The molecule has 14 heavy (non-hydrogen) atoms. The highest BCUT2D eigenvalue weighted by atomic mass is 16.5. The molecule has 2 heterocycles. The summed E-state index contributed by atoms with van der Waals surface area (Å²) >= 11 is 0. The molecule has 0 saturated carbocycles. The molecule has 0 radical (unpaired) electrons. The van der Waals surface area contributed by atoms with Crippen LogP contribution >= 0.6 is 0 Å². The number of ether oxygens (including phenoxy) is 1. The SMILES string of the molecule is C[C@H]1C=C[C@H]2C[C@H](CCO)[C@@H]1OC2=O. The topological polar surface area (TPSA) is 46.5 Å². The second-order valence-electron chi connectivity index (χ2n) is 4.26. The molecule has 2 bridgehead atoms. The molecule has 2 aliphatic heterocycles. The highest BCUT2D eigenvalue weighted by Gasteiger charge is 2.40. The molecular formula is C11H16O3. The lowest BCUT2D eigenvalue weighted by molar-refractivity contribution is -0.165. The molecule has 3 rings (SSSR count). The highest BCUT2D eigenvalue weighted by molar-refractivity contribution is 5.76. The molecule has 3 heteroatoms. The normalized spacial score (nSPS) is 40.9. The third-order valence-corrected chi connectivity index (χ3v) is 3.24. The first-order valence-corrected chi connectivity index (χ1v) is 5.22. The summed E-state index contributed by atoms with van der Waals surface area (Å²) in [6.45, 7) is 2.24. The van der Waals surface area contributed by atoms with Gasteiger partial charge in [0.1, 0.15) is 6.10 Å². The average molecular weight is 196 g/mol. The van der Waals surface area contributed by atoms with Crippen LogP contribution in [0.25, 0.3) is 0 Å². The van der Waals surface area contributed by atoms with Gasteiger partial charge in [-0.2, -0.15) is 0 Å². The van der Waals surface area contributed by atoms with Crippen molar-refractivity contribution in [2.24, 2.45) is 17.8 Å². The molecule has 3 aliphatic rings. The van der Waals surface area contributed by atoms with Gasteiger partial charge < -0.3 is 9.84 Å². The number of aliphatic hydroxyl groups is 1. The van der Waals surface area contributed by atoms with Gasteiger partial charge in [-0.3, -0.25) is 4.79 Å². The number of carbonyl (C=O) groups is 1. The van der Waals surface area contributed by atoms with Crippen LogP contribution in [0.4, 0.5) is 0 Å². The Balaban J connectivity index is 2.18. The minimum atomic E-state index is -0.0928. The van der Waals surface area contributed by atoms with Gasteiger partial charge in [-0.25, -0.2) is 0 Å². The highest BCUT2D eigenvalue weighted by Crippen LogP contribution is 2.36. The third-order valence-electron chi connectivity index (χ3n) is 3.24. The smallest absolute Gasteiger partial charge is 0.313 e. The van der Waals surface area contributed by atoms with Crippen molar-refractivity contribution in [3.63, 3.8) is 0 Å². The number of esters is 1. The van der Waals surface area contributed by atoms with Crippen molar-refractivity contribution in [3.05, 3.63) is 12.2 Å². The van der Waals surface area contributed by atoms with E-state index in [0.717, 1.165) is 12.8 Å². The van der Waals surface area contributed by atoms with Gasteiger partial charge in [0, 0.05) is 12.5 Å². The zero-order chi connectivity index (χ0) is 10.1. The quantitative estimate of drug-likeness (QED) is 0.532. The van der Waals surface area contributed by atoms with Crippen LogP contribution in [0.3, 0.4) is 0 Å². The molecular weight excluding hydrogens is 180 g/mol. The minimum Gasteiger partial charge on any atom is -0.461 e. The van der Waals surface area contributed by atoms with Crippen molar-refractivity contribution < 1.29 is 14.6 Å². The molecule has 1 fully saturated rings. The fourth-order valence-corrected chi connectivity index (χ4v) is 2.43. The third kappa shape index (κ3) is 1.57. The zero-order valence-corrected chi connectivity index (χ0v) is 8.35. The van der Waals surface area contributed by atoms with Crippen molar-refractivity contribution in [2.75, 3.05) is 6.61 Å². The molecule has 0 amide bonds. The largest absolute Gasteiger partial charge is 0.461 e. The lowest BCUT2D eigenvalue weighted by Gasteiger charge is -2.34. The maximum absolute atomic E-state index is 11.4. The molecule has 1 aliphatic carbocycles. The maximum atomic E-state index is 11.4. The van der Waals surface area contributed by atoms with E-state index in [1.165, 1.54) is 0 Å². The van der Waals surface area contributed by atoms with Crippen molar-refractivity contribution in [1.82, 2.24) is 0 Å². The van der Waals surface area contributed by atoms with Crippen LogP contribution in [0.1, 0.15) is 19.8 Å². The fourth-order valence-electron chi connectivity index (χ4n) is 2.43. The lowest BCUT2D eigenvalue weighted by atomic mass is 9.84. The van der Waals surface area contributed by atoms with Gasteiger partial charge in [0.2, 0.25) is 0 Å². The molecule has 1 N–H and O–H groups in total. The summed E-state index contributed by atoms with van der Waals surface area (Å²) in [6.07, 6.45) is 5.58. The molecule has 0 spiro atoms. The van der Waals surface area contributed by atoms with E-state index in [1.807, 2.05) is 6.08 Å². The van der Waals surface area contributed by atoms with Crippen LogP contribution in [-0.4, -0.2) is 23.8 Å². The number of fused-ring (bicyclic) bond motifs is 3. The van der Waals surface area contributed by atoms with E-state index in [4.69, 9.17) is 9.84 Å². The summed E-state index contributed by atoms with van der Waals surface area (Å²) in [7, 11) is 0. The Bertz CT molecular complexity index is 259. The zero-order valence-electron chi connectivity index (χ0n) is 8.35. The summed E-state index contributed by atoms with van der Waals surface area (Å²) in [4.78, 5) is 11.4. The van der Waals surface area contributed by atoms with E-state index in [9.17, 15) is 4.79 Å². The Morgan fingerprint density at radius 3 is 3.07 bits per heavy atom. The van der Waals surface area contributed by atoms with Crippen LogP contribution in [0.5, 0.6) is 0 Å². The van der Waals surface area contributed by atoms with E-state index < -0.39 is 0 Å². The Labute approximate surface area is 83.8 Å². The number of hydrogen-bond donors (Lipinski definition) is 1. The van der Waals surface area contributed by atoms with E-state index in [0.29, 0.717) is 5.92 Å². The summed E-state index contributed by atoms with van der Waals surface area (Å²) in [5.41, 5.74) is 0. The van der Waals surface area contributed by atoms with E-state index in [-0.39, 0.29) is 30.5 Å². The molecule has 0 aromatic rings. The Hall–Kier alpha value is -0.830. The number of rotatable bonds is 2. The van der Waals surface area contributed by atoms with E-state index in [1.54, 1.807) is 0 Å². The van der Waals surface area contributed by atoms with Crippen molar-refractivity contribution in [1.29, 1.82) is 0 Å². The number of carbonyl (C=O) groups excluding carboxylic acids is 1. The monoisotopic (exact) mass is 196 g/mol. The number of hydrogen-bond acceptors (Lipinski definition) is 3. The van der Waals surface area contributed by atoms with Gasteiger partial charge in [-0.1, -0.05) is 19.1 Å². The predicted molar refractivity (Wildman–Crippen MR) is 51.5 cm³/mol. The standard InChI is InChI=1S/C11H16O3/c1-7-2-3-9-6-8(4-5-12)10(7)14-11(9)13/h2-3,7-10,12H,4-6H2,1H3/t7-,8-,9-,10+/m0/s1. The van der Waals surface area contributed by atoms with Crippen molar-refractivity contribution in [2.45, 2.75) is 25.9 Å². The van der Waals surface area contributed by atoms with Gasteiger partial charge in [-0.05, 0) is 18.8 Å². The summed E-state index contributed by atoms with van der Waals surface area (Å²) in [6, 6.07) is 0. The second-order valence-corrected chi connectivity index (χ2v) is 4.26. The van der Waals surface area contributed by atoms with Gasteiger partial charge >= 0.3 is 5.97 Å². The fraction of sp³-hybridized carbons (Fsp3) is 0.727. The minimum absolute atomic E-state index is 0.0235. The summed E-state index contributed by atoms with van der Waals surface area (Å²) in [5, 5.41) is 8.93. The molecule has 0 aromatic carbocycles. The first-order valence-electron chi connectivity index (χ1n) is 5.22. The van der Waals surface area contributed by atoms with Gasteiger partial charge in [0.15, 0.2) is 0 Å².